The second-order valence-corrected chi connectivity index (χ2v) is 7.79. The van der Waals surface area contributed by atoms with Crippen LogP contribution in [0.2, 0.25) is 0 Å². The number of nitriles is 1. The van der Waals surface area contributed by atoms with Gasteiger partial charge in [-0.2, -0.15) is 5.26 Å². The van der Waals surface area contributed by atoms with E-state index >= 15 is 0 Å². The van der Waals surface area contributed by atoms with Crippen molar-refractivity contribution >= 4 is 17.6 Å². The molecule has 0 radical (unpaired) electrons. The van der Waals surface area contributed by atoms with Gasteiger partial charge in [-0.25, -0.2) is 4.79 Å². The highest BCUT2D eigenvalue weighted by molar-refractivity contribution is 5.93. The van der Waals surface area contributed by atoms with E-state index in [2.05, 4.69) is 38.3 Å². The van der Waals surface area contributed by atoms with Crippen molar-refractivity contribution in [2.45, 2.75) is 64.1 Å². The summed E-state index contributed by atoms with van der Waals surface area (Å²) in [4.78, 5) is 23.8. The smallest absolute Gasteiger partial charge is 0.338 e. The molecule has 1 aliphatic rings. The molecule has 0 atom stereocenters. The van der Waals surface area contributed by atoms with Gasteiger partial charge < -0.3 is 15.4 Å². The van der Waals surface area contributed by atoms with E-state index in [0.717, 1.165) is 12.8 Å². The molecule has 1 amide bonds. The normalized spacial score (nSPS) is 18.8. The van der Waals surface area contributed by atoms with Crippen LogP contribution in [0.1, 0.15) is 57.3 Å². The molecule has 25 heavy (non-hydrogen) atoms. The topological polar surface area (TPSA) is 91.2 Å². The van der Waals surface area contributed by atoms with E-state index in [1.807, 2.05) is 0 Å². The highest BCUT2D eigenvalue weighted by Crippen LogP contribution is 2.30. The molecule has 0 unspecified atom stereocenters. The van der Waals surface area contributed by atoms with E-state index in [1.165, 1.54) is 0 Å². The number of rotatable bonds is 4. The zero-order valence-electron chi connectivity index (χ0n) is 15.2. The molecule has 0 spiro atoms. The quantitative estimate of drug-likeness (QED) is 0.820. The van der Waals surface area contributed by atoms with E-state index in [-0.39, 0.29) is 35.5 Å². The standard InChI is InChI=1S/C19H25N3O3/c1-18(2)11-15(12-19(3,4)22-18)25-17(24)13-5-7-14(8-6-13)21-16(23)9-10-20/h5-8,15,22H,9,11-12H2,1-4H3,(H,21,23). The lowest BCUT2D eigenvalue weighted by atomic mass is 9.81. The molecule has 6 heteroatoms. The number of ether oxygens (including phenoxy) is 1. The Morgan fingerprint density at radius 2 is 1.76 bits per heavy atom. The number of benzene rings is 1. The van der Waals surface area contributed by atoms with Gasteiger partial charge in [0, 0.05) is 29.6 Å². The van der Waals surface area contributed by atoms with Crippen LogP contribution < -0.4 is 10.6 Å². The number of anilines is 1. The molecule has 1 fully saturated rings. The first-order chi connectivity index (χ1) is 11.6. The predicted molar refractivity (Wildman–Crippen MR) is 95.0 cm³/mol. The third-order valence-corrected chi connectivity index (χ3v) is 4.07. The van der Waals surface area contributed by atoms with Crippen LogP contribution in [-0.4, -0.2) is 29.1 Å². The SMILES string of the molecule is CC1(C)CC(OC(=O)c2ccc(NC(=O)CC#N)cc2)CC(C)(C)N1. The molecule has 0 bridgehead atoms. The van der Waals surface area contributed by atoms with Crippen LogP contribution in [0.3, 0.4) is 0 Å². The Kier molecular flexibility index (Phi) is 5.48. The maximum absolute atomic E-state index is 12.4. The Labute approximate surface area is 148 Å². The van der Waals surface area contributed by atoms with E-state index in [9.17, 15) is 9.59 Å². The van der Waals surface area contributed by atoms with E-state index < -0.39 is 0 Å². The van der Waals surface area contributed by atoms with Crippen molar-refractivity contribution in [2.24, 2.45) is 0 Å². The van der Waals surface area contributed by atoms with Gasteiger partial charge >= 0.3 is 5.97 Å². The minimum Gasteiger partial charge on any atom is -0.459 e. The summed E-state index contributed by atoms with van der Waals surface area (Å²) < 4.78 is 5.70. The van der Waals surface area contributed by atoms with Crippen LogP contribution >= 0.6 is 0 Å². The lowest BCUT2D eigenvalue weighted by Crippen LogP contribution is -2.59. The second kappa shape index (κ2) is 7.24. The van der Waals surface area contributed by atoms with Gasteiger partial charge in [0.1, 0.15) is 12.5 Å². The molecule has 0 aliphatic carbocycles. The first-order valence-corrected chi connectivity index (χ1v) is 8.37. The summed E-state index contributed by atoms with van der Waals surface area (Å²) in [6.07, 6.45) is 1.16. The van der Waals surface area contributed by atoms with Crippen molar-refractivity contribution < 1.29 is 14.3 Å². The van der Waals surface area contributed by atoms with Gasteiger partial charge in [0.25, 0.3) is 0 Å². The number of carbonyl (C=O) groups is 2. The Morgan fingerprint density at radius 1 is 1.20 bits per heavy atom. The minimum atomic E-state index is -0.378. The molecule has 1 aliphatic heterocycles. The third-order valence-electron chi connectivity index (χ3n) is 4.07. The summed E-state index contributed by atoms with van der Waals surface area (Å²) >= 11 is 0. The lowest BCUT2D eigenvalue weighted by Gasteiger charge is -2.45. The second-order valence-electron chi connectivity index (χ2n) is 7.79. The Hall–Kier alpha value is -2.39. The van der Waals surface area contributed by atoms with Crippen LogP contribution in [0.15, 0.2) is 24.3 Å². The zero-order chi connectivity index (χ0) is 18.7. The van der Waals surface area contributed by atoms with Gasteiger partial charge in [0.2, 0.25) is 5.91 Å². The average molecular weight is 343 g/mol. The number of hydrogen-bond acceptors (Lipinski definition) is 5. The highest BCUT2D eigenvalue weighted by atomic mass is 16.5. The first kappa shape index (κ1) is 18.9. The molecule has 2 rings (SSSR count). The number of hydrogen-bond donors (Lipinski definition) is 2. The number of carbonyl (C=O) groups excluding carboxylic acids is 2. The molecular weight excluding hydrogens is 318 g/mol. The van der Waals surface area contributed by atoms with Crippen molar-refractivity contribution in [2.75, 3.05) is 5.32 Å². The monoisotopic (exact) mass is 343 g/mol. The molecule has 2 N–H and O–H groups in total. The molecule has 134 valence electrons. The first-order valence-electron chi connectivity index (χ1n) is 8.37. The molecule has 1 saturated heterocycles. The number of nitrogens with zero attached hydrogens (tertiary/aromatic N) is 1. The fourth-order valence-electron chi connectivity index (χ4n) is 3.50. The van der Waals surface area contributed by atoms with Gasteiger partial charge in [0.15, 0.2) is 0 Å². The number of amides is 1. The largest absolute Gasteiger partial charge is 0.459 e. The van der Waals surface area contributed by atoms with E-state index in [0.29, 0.717) is 11.3 Å². The van der Waals surface area contributed by atoms with Crippen molar-refractivity contribution in [3.63, 3.8) is 0 Å². The van der Waals surface area contributed by atoms with Crippen LogP contribution in [0.4, 0.5) is 5.69 Å². The molecule has 0 aromatic heterocycles. The Bertz CT molecular complexity index is 671. The number of nitrogens with one attached hydrogen (secondary N) is 2. The average Bonchev–Trinajstić information content (AvgIpc) is 2.44. The summed E-state index contributed by atoms with van der Waals surface area (Å²) in [5.74, 6) is -0.745. The van der Waals surface area contributed by atoms with Crippen LogP contribution in [0, 0.1) is 11.3 Å². The van der Waals surface area contributed by atoms with E-state index in [4.69, 9.17) is 10.00 Å². The van der Waals surface area contributed by atoms with Crippen molar-refractivity contribution in [1.82, 2.24) is 5.32 Å². The summed E-state index contributed by atoms with van der Waals surface area (Å²) in [5.41, 5.74) is 0.789. The van der Waals surface area contributed by atoms with Gasteiger partial charge in [-0.1, -0.05) is 0 Å². The molecular formula is C19H25N3O3. The summed E-state index contributed by atoms with van der Waals surface area (Å²) in [6, 6.07) is 8.26. The predicted octanol–water partition coefficient (Wildman–Crippen LogP) is 3.00. The van der Waals surface area contributed by atoms with Crippen LogP contribution in [0.5, 0.6) is 0 Å². The maximum atomic E-state index is 12.4. The fraction of sp³-hybridized carbons (Fsp3) is 0.526. The summed E-state index contributed by atoms with van der Waals surface area (Å²) in [6.45, 7) is 8.42. The van der Waals surface area contributed by atoms with Gasteiger partial charge in [-0.05, 0) is 52.0 Å². The number of piperidine rings is 1. The highest BCUT2D eigenvalue weighted by Gasteiger charge is 2.39. The number of esters is 1. The summed E-state index contributed by atoms with van der Waals surface area (Å²) in [7, 11) is 0. The minimum absolute atomic E-state index is 0.0957. The molecule has 1 aromatic carbocycles. The van der Waals surface area contributed by atoms with Gasteiger partial charge in [-0.15, -0.1) is 0 Å². The summed E-state index contributed by atoms with van der Waals surface area (Å²) in [5, 5.41) is 14.6. The van der Waals surface area contributed by atoms with E-state index in [1.54, 1.807) is 30.3 Å². The Balaban J connectivity index is 1.99. The van der Waals surface area contributed by atoms with Crippen molar-refractivity contribution in [1.29, 1.82) is 5.26 Å². The van der Waals surface area contributed by atoms with Gasteiger partial charge in [0.05, 0.1) is 11.6 Å². The molecule has 1 aromatic rings. The maximum Gasteiger partial charge on any atom is 0.338 e. The Morgan fingerprint density at radius 3 is 2.28 bits per heavy atom. The molecule has 6 nitrogen and oxygen atoms in total. The molecule has 1 heterocycles. The lowest BCUT2D eigenvalue weighted by molar-refractivity contribution is -0.115. The fourth-order valence-corrected chi connectivity index (χ4v) is 3.50. The van der Waals surface area contributed by atoms with Crippen molar-refractivity contribution in [3.05, 3.63) is 29.8 Å². The van der Waals surface area contributed by atoms with Crippen LogP contribution in [0.25, 0.3) is 0 Å². The zero-order valence-corrected chi connectivity index (χ0v) is 15.2. The molecule has 0 saturated carbocycles. The van der Waals surface area contributed by atoms with Crippen molar-refractivity contribution in [3.8, 4) is 6.07 Å². The van der Waals surface area contributed by atoms with Crippen LogP contribution in [-0.2, 0) is 9.53 Å². The third kappa shape index (κ3) is 5.57. The van der Waals surface area contributed by atoms with Gasteiger partial charge in [-0.3, -0.25) is 4.79 Å².